The lowest BCUT2D eigenvalue weighted by Gasteiger charge is -2.18. The maximum Gasteiger partial charge on any atom is 0.306 e. The third-order valence-corrected chi connectivity index (χ3v) is 12.6. The number of ether oxygens (including phenoxy) is 3. The fraction of sp³-hybridized carbons (Fsp3) is 0.734. The van der Waals surface area contributed by atoms with Crippen molar-refractivity contribution in [1.29, 1.82) is 0 Å². The molecule has 0 amide bonds. The molecule has 0 saturated heterocycles. The molecule has 0 radical (unpaired) electrons. The molecule has 0 fully saturated rings. The average molecular weight is 976 g/mol. The van der Waals surface area contributed by atoms with Gasteiger partial charge in [0.15, 0.2) is 6.10 Å². The van der Waals surface area contributed by atoms with Crippen molar-refractivity contribution in [3.63, 3.8) is 0 Å². The zero-order chi connectivity index (χ0) is 50.7. The van der Waals surface area contributed by atoms with Crippen LogP contribution in [0.5, 0.6) is 0 Å². The maximum absolute atomic E-state index is 12.8. The Morgan fingerprint density at radius 2 is 0.557 bits per heavy atom. The smallest absolute Gasteiger partial charge is 0.306 e. The van der Waals surface area contributed by atoms with Crippen LogP contribution < -0.4 is 0 Å². The van der Waals surface area contributed by atoms with E-state index in [1.165, 1.54) is 128 Å². The molecule has 0 aliphatic carbocycles. The van der Waals surface area contributed by atoms with Gasteiger partial charge in [0.2, 0.25) is 0 Å². The number of unbranched alkanes of at least 4 members (excludes halogenated alkanes) is 28. The Labute approximate surface area is 433 Å². The summed E-state index contributed by atoms with van der Waals surface area (Å²) in [4.78, 5) is 38.1. The number of allylic oxidation sites excluding steroid dienone is 14. The van der Waals surface area contributed by atoms with Crippen molar-refractivity contribution in [2.75, 3.05) is 13.2 Å². The Morgan fingerprint density at radius 3 is 0.886 bits per heavy atom. The number of hydrogen-bond donors (Lipinski definition) is 0. The summed E-state index contributed by atoms with van der Waals surface area (Å²) in [6.07, 6.45) is 75.9. The van der Waals surface area contributed by atoms with Crippen LogP contribution in [0.25, 0.3) is 0 Å². The minimum absolute atomic E-state index is 0.0839. The predicted molar refractivity (Wildman–Crippen MR) is 302 cm³/mol. The molecule has 0 aliphatic heterocycles. The van der Waals surface area contributed by atoms with E-state index in [0.717, 1.165) is 116 Å². The first-order valence-corrected chi connectivity index (χ1v) is 29.6. The predicted octanol–water partition coefficient (Wildman–Crippen LogP) is 19.9. The van der Waals surface area contributed by atoms with Gasteiger partial charge in [-0.2, -0.15) is 0 Å². The fourth-order valence-electron chi connectivity index (χ4n) is 8.14. The maximum atomic E-state index is 12.8. The van der Waals surface area contributed by atoms with E-state index in [-0.39, 0.29) is 31.1 Å². The van der Waals surface area contributed by atoms with Crippen LogP contribution in [0.2, 0.25) is 0 Å². The Morgan fingerprint density at radius 1 is 0.300 bits per heavy atom. The third-order valence-electron chi connectivity index (χ3n) is 12.6. The second-order valence-corrected chi connectivity index (χ2v) is 19.5. The second-order valence-electron chi connectivity index (χ2n) is 19.5. The van der Waals surface area contributed by atoms with Crippen molar-refractivity contribution in [1.82, 2.24) is 0 Å². The van der Waals surface area contributed by atoms with E-state index < -0.39 is 6.10 Å². The fourth-order valence-corrected chi connectivity index (χ4v) is 8.14. The molecule has 0 bridgehead atoms. The van der Waals surface area contributed by atoms with E-state index in [1.54, 1.807) is 0 Å². The van der Waals surface area contributed by atoms with E-state index in [1.807, 2.05) is 0 Å². The van der Waals surface area contributed by atoms with Gasteiger partial charge in [-0.15, -0.1) is 0 Å². The van der Waals surface area contributed by atoms with Crippen LogP contribution in [-0.2, 0) is 28.6 Å². The van der Waals surface area contributed by atoms with Gasteiger partial charge in [-0.25, -0.2) is 0 Å². The molecule has 70 heavy (non-hydrogen) atoms. The summed E-state index contributed by atoms with van der Waals surface area (Å²) in [5.41, 5.74) is 0. The molecule has 0 N–H and O–H groups in total. The summed E-state index contributed by atoms with van der Waals surface area (Å²) in [7, 11) is 0. The summed E-state index contributed by atoms with van der Waals surface area (Å²) in [6.45, 7) is 6.44. The van der Waals surface area contributed by atoms with Crippen molar-refractivity contribution in [3.8, 4) is 0 Å². The van der Waals surface area contributed by atoms with Crippen LogP contribution in [0.1, 0.15) is 284 Å². The molecular formula is C64H110O6. The van der Waals surface area contributed by atoms with Crippen molar-refractivity contribution >= 4 is 17.9 Å². The topological polar surface area (TPSA) is 78.9 Å². The van der Waals surface area contributed by atoms with Crippen LogP contribution in [0.15, 0.2) is 85.1 Å². The largest absolute Gasteiger partial charge is 0.462 e. The molecule has 0 heterocycles. The highest BCUT2D eigenvalue weighted by atomic mass is 16.6. The van der Waals surface area contributed by atoms with Crippen molar-refractivity contribution in [2.45, 2.75) is 290 Å². The average Bonchev–Trinajstić information content (AvgIpc) is 3.36. The normalized spacial score (nSPS) is 12.7. The molecule has 0 saturated carbocycles. The Kier molecular flexibility index (Phi) is 55.3. The monoisotopic (exact) mass is 975 g/mol. The van der Waals surface area contributed by atoms with E-state index in [2.05, 4.69) is 106 Å². The molecule has 1 atom stereocenters. The summed E-state index contributed by atoms with van der Waals surface area (Å²) >= 11 is 0. The molecule has 0 aliphatic rings. The Hall–Kier alpha value is -3.41. The van der Waals surface area contributed by atoms with Gasteiger partial charge >= 0.3 is 17.9 Å². The number of hydrogen-bond acceptors (Lipinski definition) is 6. The van der Waals surface area contributed by atoms with E-state index in [0.29, 0.717) is 19.3 Å². The Bertz CT molecular complexity index is 1350. The van der Waals surface area contributed by atoms with Gasteiger partial charge in [0.25, 0.3) is 0 Å². The van der Waals surface area contributed by atoms with Crippen molar-refractivity contribution in [3.05, 3.63) is 85.1 Å². The van der Waals surface area contributed by atoms with Crippen molar-refractivity contribution in [2.24, 2.45) is 0 Å². The molecule has 0 rings (SSSR count). The van der Waals surface area contributed by atoms with Crippen LogP contribution >= 0.6 is 0 Å². The Balaban J connectivity index is 4.22. The van der Waals surface area contributed by atoms with Crippen LogP contribution in [0.4, 0.5) is 0 Å². The molecule has 1 unspecified atom stereocenters. The first-order valence-electron chi connectivity index (χ1n) is 29.6. The zero-order valence-electron chi connectivity index (χ0n) is 46.0. The molecule has 0 aromatic carbocycles. The van der Waals surface area contributed by atoms with Gasteiger partial charge in [0.05, 0.1) is 0 Å². The quantitative estimate of drug-likeness (QED) is 0.0261. The van der Waals surface area contributed by atoms with E-state index in [9.17, 15) is 14.4 Å². The van der Waals surface area contributed by atoms with Gasteiger partial charge in [-0.1, -0.05) is 247 Å². The first-order chi connectivity index (χ1) is 34.5. The number of carbonyl (C=O) groups is 3. The van der Waals surface area contributed by atoms with Crippen LogP contribution in [0, 0.1) is 0 Å². The van der Waals surface area contributed by atoms with Crippen LogP contribution in [-0.4, -0.2) is 37.2 Å². The number of esters is 3. The summed E-state index contributed by atoms with van der Waals surface area (Å²) in [6, 6.07) is 0. The summed E-state index contributed by atoms with van der Waals surface area (Å²) in [5.74, 6) is -0.903. The lowest BCUT2D eigenvalue weighted by Crippen LogP contribution is -2.30. The summed E-state index contributed by atoms with van der Waals surface area (Å²) in [5, 5.41) is 0. The lowest BCUT2D eigenvalue weighted by atomic mass is 10.0. The number of carbonyl (C=O) groups excluding carboxylic acids is 3. The van der Waals surface area contributed by atoms with Crippen molar-refractivity contribution < 1.29 is 28.6 Å². The first kappa shape index (κ1) is 66.6. The molecule has 0 aromatic rings. The third kappa shape index (κ3) is 55.5. The van der Waals surface area contributed by atoms with Gasteiger partial charge < -0.3 is 14.2 Å². The van der Waals surface area contributed by atoms with Gasteiger partial charge in [0, 0.05) is 19.3 Å². The molecule has 402 valence electrons. The van der Waals surface area contributed by atoms with Gasteiger partial charge in [0.1, 0.15) is 13.2 Å². The highest BCUT2D eigenvalue weighted by Crippen LogP contribution is 2.16. The zero-order valence-corrected chi connectivity index (χ0v) is 46.0. The van der Waals surface area contributed by atoms with E-state index >= 15 is 0 Å². The lowest BCUT2D eigenvalue weighted by molar-refractivity contribution is -0.167. The SMILES string of the molecule is CC/C=C\C/C=C\C/C=C\C/C=C\CCCCCCCCCCCCCCCCC(=O)OCC(COC(=O)CCCCCCC/C=C\CCCC)OC(=O)CCCCCCC/C=C\C/C=C\CCCC. The molecule has 0 aromatic heterocycles. The molecule has 6 heteroatoms. The summed E-state index contributed by atoms with van der Waals surface area (Å²) < 4.78 is 16.8. The van der Waals surface area contributed by atoms with E-state index in [4.69, 9.17) is 14.2 Å². The molecule has 0 spiro atoms. The van der Waals surface area contributed by atoms with Crippen LogP contribution in [0.3, 0.4) is 0 Å². The molecular weight excluding hydrogens is 865 g/mol. The minimum atomic E-state index is -0.786. The standard InChI is InChI=1S/C64H110O6/c1-4-7-10-13-16-19-22-24-26-27-28-29-30-31-32-33-34-35-36-37-38-40-42-45-48-51-54-57-63(66)69-60-61(59-68-62(65)56-53-50-47-44-41-21-18-15-12-9-6-3)70-64(67)58-55-52-49-46-43-39-25-23-20-17-14-11-8-5-2/h7,10,14-19,23-26,28-29,61H,4-6,8-9,11-13,20-22,27,30-60H2,1-3H3/b10-7-,17-14-,18-15-,19-16-,25-23-,26-24-,29-28-. The van der Waals surface area contributed by atoms with Gasteiger partial charge in [-0.3, -0.25) is 14.4 Å². The van der Waals surface area contributed by atoms with Gasteiger partial charge in [-0.05, 0) is 103 Å². The molecule has 6 nitrogen and oxygen atoms in total. The highest BCUT2D eigenvalue weighted by molar-refractivity contribution is 5.71. The highest BCUT2D eigenvalue weighted by Gasteiger charge is 2.19. The number of rotatable bonds is 53. The minimum Gasteiger partial charge on any atom is -0.462 e. The second kappa shape index (κ2) is 58.2.